The minimum Gasteiger partial charge on any atom is -0.497 e. The first-order valence-corrected chi connectivity index (χ1v) is 9.80. The van der Waals surface area contributed by atoms with Crippen LogP contribution >= 0.6 is 0 Å². The van der Waals surface area contributed by atoms with Gasteiger partial charge in [0.1, 0.15) is 5.75 Å². The molecule has 1 amide bonds. The number of fused-ring (bicyclic) bond motifs is 2. The number of amides is 1. The van der Waals surface area contributed by atoms with Gasteiger partial charge in [-0.25, -0.2) is 4.98 Å². The lowest BCUT2D eigenvalue weighted by atomic mass is 9.98. The van der Waals surface area contributed by atoms with E-state index in [1.807, 2.05) is 41.3 Å². The third-order valence-corrected chi connectivity index (χ3v) is 5.76. The number of hydrogen-bond donors (Lipinski definition) is 0. The van der Waals surface area contributed by atoms with Crippen molar-refractivity contribution in [2.45, 2.75) is 19.3 Å². The third-order valence-electron chi connectivity index (χ3n) is 5.76. The number of hydrogen-bond acceptors (Lipinski definition) is 3. The van der Waals surface area contributed by atoms with Crippen LogP contribution in [0.1, 0.15) is 40.0 Å². The van der Waals surface area contributed by atoms with Crippen molar-refractivity contribution in [3.8, 4) is 5.75 Å². The number of rotatable bonds is 3. The predicted molar refractivity (Wildman–Crippen MR) is 111 cm³/mol. The van der Waals surface area contributed by atoms with Gasteiger partial charge in [0.2, 0.25) is 0 Å². The number of methoxy groups -OCH3 is 1. The van der Waals surface area contributed by atoms with Crippen LogP contribution in [0.5, 0.6) is 5.75 Å². The summed E-state index contributed by atoms with van der Waals surface area (Å²) in [4.78, 5) is 20.1. The summed E-state index contributed by atoms with van der Waals surface area (Å²) in [7, 11) is 1.67. The number of benzene rings is 2. The Hall–Kier alpha value is -3.14. The van der Waals surface area contributed by atoms with Gasteiger partial charge in [0.15, 0.2) is 0 Å². The van der Waals surface area contributed by atoms with Crippen molar-refractivity contribution < 1.29 is 9.53 Å². The highest BCUT2D eigenvalue weighted by atomic mass is 16.5. The molecule has 1 saturated heterocycles. The first-order chi connectivity index (χ1) is 13.7. The molecule has 140 valence electrons. The summed E-state index contributed by atoms with van der Waals surface area (Å²) in [5.41, 5.74) is 6.16. The summed E-state index contributed by atoms with van der Waals surface area (Å²) in [5, 5.41) is 0.976. The van der Waals surface area contributed by atoms with Crippen molar-refractivity contribution in [2.75, 3.05) is 20.2 Å². The van der Waals surface area contributed by atoms with Gasteiger partial charge < -0.3 is 9.64 Å². The average Bonchev–Trinajstić information content (AvgIpc) is 3.07. The fraction of sp³-hybridized carbons (Fsp3) is 0.250. The van der Waals surface area contributed by atoms with E-state index in [2.05, 4.69) is 18.2 Å². The molecule has 2 aromatic carbocycles. The molecule has 1 aliphatic carbocycles. The molecule has 0 radical (unpaired) electrons. The van der Waals surface area contributed by atoms with E-state index in [-0.39, 0.29) is 5.91 Å². The quantitative estimate of drug-likeness (QED) is 0.678. The van der Waals surface area contributed by atoms with Crippen LogP contribution in [0.4, 0.5) is 0 Å². The highest BCUT2D eigenvalue weighted by molar-refractivity contribution is 6.09. The second kappa shape index (κ2) is 6.79. The summed E-state index contributed by atoms with van der Waals surface area (Å²) >= 11 is 0. The molecule has 0 saturated carbocycles. The van der Waals surface area contributed by atoms with Crippen molar-refractivity contribution >= 4 is 28.5 Å². The van der Waals surface area contributed by atoms with Gasteiger partial charge in [-0.2, -0.15) is 0 Å². The van der Waals surface area contributed by atoms with Gasteiger partial charge in [0.05, 0.1) is 23.9 Å². The highest BCUT2D eigenvalue weighted by Crippen LogP contribution is 2.38. The SMILES string of the molecule is COc1ccc(C=C2CCc3c2nc2ccccc2c3C(=O)N2CCC2)cc1. The number of carbonyl (C=O) groups is 1. The lowest BCUT2D eigenvalue weighted by Gasteiger charge is -2.32. The number of ether oxygens (including phenoxy) is 1. The van der Waals surface area contributed by atoms with E-state index in [4.69, 9.17) is 9.72 Å². The lowest BCUT2D eigenvalue weighted by molar-refractivity contribution is 0.0653. The summed E-state index contributed by atoms with van der Waals surface area (Å²) in [6, 6.07) is 16.1. The molecular weight excluding hydrogens is 348 g/mol. The van der Waals surface area contributed by atoms with E-state index in [0.717, 1.165) is 71.4 Å². The Balaban J connectivity index is 1.64. The number of nitrogens with zero attached hydrogens (tertiary/aromatic N) is 2. The van der Waals surface area contributed by atoms with Crippen LogP contribution in [-0.4, -0.2) is 36.0 Å². The Morgan fingerprint density at radius 3 is 2.57 bits per heavy atom. The van der Waals surface area contributed by atoms with Gasteiger partial charge in [0, 0.05) is 18.5 Å². The molecule has 2 heterocycles. The third kappa shape index (κ3) is 2.76. The van der Waals surface area contributed by atoms with Gasteiger partial charge in [0.25, 0.3) is 5.91 Å². The molecule has 1 fully saturated rings. The first-order valence-electron chi connectivity index (χ1n) is 9.80. The molecule has 0 unspecified atom stereocenters. The van der Waals surface area contributed by atoms with Gasteiger partial charge in [-0.05, 0) is 60.2 Å². The minimum absolute atomic E-state index is 0.159. The second-order valence-electron chi connectivity index (χ2n) is 7.42. The Morgan fingerprint density at radius 1 is 1.07 bits per heavy atom. The number of pyridine rings is 1. The number of para-hydroxylation sites is 1. The van der Waals surface area contributed by atoms with Gasteiger partial charge >= 0.3 is 0 Å². The van der Waals surface area contributed by atoms with E-state index >= 15 is 0 Å². The number of carbonyl (C=O) groups excluding carboxylic acids is 1. The highest BCUT2D eigenvalue weighted by Gasteiger charge is 2.30. The molecule has 0 bridgehead atoms. The molecule has 0 atom stereocenters. The molecule has 3 aromatic rings. The smallest absolute Gasteiger partial charge is 0.254 e. The van der Waals surface area contributed by atoms with Crippen molar-refractivity contribution in [1.82, 2.24) is 9.88 Å². The van der Waals surface area contributed by atoms with E-state index in [1.54, 1.807) is 7.11 Å². The molecule has 0 N–H and O–H groups in total. The molecule has 2 aliphatic rings. The van der Waals surface area contributed by atoms with Crippen molar-refractivity contribution in [2.24, 2.45) is 0 Å². The normalized spacial score (nSPS) is 16.9. The fourth-order valence-electron chi connectivity index (χ4n) is 4.10. The Labute approximate surface area is 164 Å². The summed E-state index contributed by atoms with van der Waals surface area (Å²) in [6.07, 6.45) is 5.06. The lowest BCUT2D eigenvalue weighted by Crippen LogP contribution is -2.42. The first kappa shape index (κ1) is 17.0. The second-order valence-corrected chi connectivity index (χ2v) is 7.42. The fourth-order valence-corrected chi connectivity index (χ4v) is 4.10. The number of likely N-dealkylation sites (tertiary alicyclic amines) is 1. The summed E-state index contributed by atoms with van der Waals surface area (Å²) in [6.45, 7) is 1.72. The molecule has 5 rings (SSSR count). The van der Waals surface area contributed by atoms with Gasteiger partial charge in [-0.1, -0.05) is 30.3 Å². The van der Waals surface area contributed by atoms with Gasteiger partial charge in [-0.3, -0.25) is 4.79 Å². The molecule has 4 heteroatoms. The largest absolute Gasteiger partial charge is 0.497 e. The van der Waals surface area contributed by atoms with Crippen LogP contribution in [0.2, 0.25) is 0 Å². The van der Waals surface area contributed by atoms with E-state index in [9.17, 15) is 4.79 Å². The monoisotopic (exact) mass is 370 g/mol. The van der Waals surface area contributed by atoms with Crippen molar-refractivity contribution in [3.05, 3.63) is 70.9 Å². The maximum atomic E-state index is 13.2. The molecule has 0 spiro atoms. The number of allylic oxidation sites excluding steroid dienone is 1. The summed E-state index contributed by atoms with van der Waals surface area (Å²) < 4.78 is 5.25. The van der Waals surface area contributed by atoms with Crippen molar-refractivity contribution in [1.29, 1.82) is 0 Å². The van der Waals surface area contributed by atoms with E-state index in [1.165, 1.54) is 5.57 Å². The Kier molecular flexibility index (Phi) is 4.12. The average molecular weight is 370 g/mol. The maximum Gasteiger partial charge on any atom is 0.254 e. The number of aromatic nitrogens is 1. The van der Waals surface area contributed by atoms with Crippen LogP contribution in [0, 0.1) is 0 Å². The van der Waals surface area contributed by atoms with E-state index in [0.29, 0.717) is 0 Å². The topological polar surface area (TPSA) is 42.4 Å². The zero-order chi connectivity index (χ0) is 19.1. The Bertz CT molecular complexity index is 1100. The predicted octanol–water partition coefficient (Wildman–Crippen LogP) is 4.58. The zero-order valence-electron chi connectivity index (χ0n) is 15.9. The zero-order valence-corrected chi connectivity index (χ0v) is 15.9. The van der Waals surface area contributed by atoms with Gasteiger partial charge in [-0.15, -0.1) is 0 Å². The molecular formula is C24H22N2O2. The van der Waals surface area contributed by atoms with E-state index < -0.39 is 0 Å². The maximum absolute atomic E-state index is 13.2. The van der Waals surface area contributed by atoms with Crippen molar-refractivity contribution in [3.63, 3.8) is 0 Å². The molecule has 1 aromatic heterocycles. The molecule has 1 aliphatic heterocycles. The molecule has 28 heavy (non-hydrogen) atoms. The van der Waals surface area contributed by atoms with Crippen LogP contribution in [0.3, 0.4) is 0 Å². The van der Waals surface area contributed by atoms with Crippen LogP contribution in [-0.2, 0) is 6.42 Å². The van der Waals surface area contributed by atoms with Crippen LogP contribution in [0.25, 0.3) is 22.6 Å². The Morgan fingerprint density at radius 2 is 1.86 bits per heavy atom. The molecule has 4 nitrogen and oxygen atoms in total. The minimum atomic E-state index is 0.159. The van der Waals surface area contributed by atoms with Crippen LogP contribution < -0.4 is 4.74 Å². The van der Waals surface area contributed by atoms with Crippen LogP contribution in [0.15, 0.2) is 48.5 Å². The summed E-state index contributed by atoms with van der Waals surface area (Å²) in [5.74, 6) is 1.01. The standard InChI is InChI=1S/C24H22N2O2/c1-28-18-10-7-16(8-11-18)15-17-9-12-20-22(24(27)26-13-4-14-26)19-5-2-3-6-21(19)25-23(17)20/h2-3,5-8,10-11,15H,4,9,12-14H2,1H3.